The first-order valence-corrected chi connectivity index (χ1v) is 5.84. The van der Waals surface area contributed by atoms with Gasteiger partial charge in [0, 0.05) is 6.20 Å². The van der Waals surface area contributed by atoms with Gasteiger partial charge in [0.2, 0.25) is 0 Å². The number of nitrogen functional groups attached to an aromatic ring is 1. The number of hydrogen-bond acceptors (Lipinski definition) is 7. The van der Waals surface area contributed by atoms with E-state index >= 15 is 0 Å². The van der Waals surface area contributed by atoms with Crippen LogP contribution in [0.4, 0.5) is 5.82 Å². The number of aliphatic hydroxyl groups excluding tert-OH is 3. The van der Waals surface area contributed by atoms with Gasteiger partial charge < -0.3 is 25.8 Å². The minimum atomic E-state index is -1.26. The average molecular weight is 273 g/mol. The Labute approximate surface area is 110 Å². The van der Waals surface area contributed by atoms with Crippen LogP contribution < -0.4 is 11.4 Å². The third-order valence-corrected chi connectivity index (χ3v) is 2.67. The quantitative estimate of drug-likeness (QED) is 0.494. The number of rotatable bonds is 6. The summed E-state index contributed by atoms with van der Waals surface area (Å²) in [7, 11) is 0. The number of ether oxygens (including phenoxy) is 1. The molecule has 0 aliphatic carbocycles. The SMILES string of the molecule is CC(O)C(O)C(CO)O[C@H](C)n1ccc(N)nc1=O. The van der Waals surface area contributed by atoms with Crippen molar-refractivity contribution in [3.63, 3.8) is 0 Å². The van der Waals surface area contributed by atoms with Crippen molar-refractivity contribution in [2.24, 2.45) is 0 Å². The molecule has 1 aromatic rings. The lowest BCUT2D eigenvalue weighted by Gasteiger charge is -2.27. The summed E-state index contributed by atoms with van der Waals surface area (Å²) >= 11 is 0. The van der Waals surface area contributed by atoms with Crippen LogP contribution in [0.3, 0.4) is 0 Å². The van der Waals surface area contributed by atoms with Crippen molar-refractivity contribution >= 4 is 5.82 Å². The molecule has 5 N–H and O–H groups in total. The van der Waals surface area contributed by atoms with Crippen LogP contribution in [-0.4, -0.2) is 49.8 Å². The first-order chi connectivity index (χ1) is 8.86. The van der Waals surface area contributed by atoms with E-state index in [1.54, 1.807) is 6.92 Å². The Morgan fingerprint density at radius 1 is 1.47 bits per heavy atom. The van der Waals surface area contributed by atoms with E-state index in [1.165, 1.54) is 19.2 Å². The molecule has 3 unspecified atom stereocenters. The van der Waals surface area contributed by atoms with E-state index in [9.17, 15) is 15.0 Å². The Hall–Kier alpha value is -1.48. The average Bonchev–Trinajstić information content (AvgIpc) is 2.34. The normalized spacial score (nSPS) is 17.7. The summed E-state index contributed by atoms with van der Waals surface area (Å²) < 4.78 is 6.51. The molecular weight excluding hydrogens is 254 g/mol. The van der Waals surface area contributed by atoms with Gasteiger partial charge in [-0.1, -0.05) is 0 Å². The second-order valence-corrected chi connectivity index (χ2v) is 4.23. The molecule has 0 bridgehead atoms. The summed E-state index contributed by atoms with van der Waals surface area (Å²) in [6.07, 6.45) is -2.71. The minimum Gasteiger partial charge on any atom is -0.394 e. The Morgan fingerprint density at radius 3 is 2.58 bits per heavy atom. The van der Waals surface area contributed by atoms with E-state index < -0.39 is 36.8 Å². The largest absolute Gasteiger partial charge is 0.394 e. The van der Waals surface area contributed by atoms with Gasteiger partial charge in [-0.15, -0.1) is 0 Å². The molecule has 1 aromatic heterocycles. The van der Waals surface area contributed by atoms with Crippen molar-refractivity contribution in [1.82, 2.24) is 9.55 Å². The second kappa shape index (κ2) is 6.62. The number of aromatic nitrogens is 2. The fraction of sp³-hybridized carbons (Fsp3) is 0.636. The fourth-order valence-corrected chi connectivity index (χ4v) is 1.56. The third-order valence-electron chi connectivity index (χ3n) is 2.67. The lowest BCUT2D eigenvalue weighted by atomic mass is 10.1. The summed E-state index contributed by atoms with van der Waals surface area (Å²) in [5.41, 5.74) is 4.76. The monoisotopic (exact) mass is 273 g/mol. The van der Waals surface area contributed by atoms with Crippen molar-refractivity contribution in [2.75, 3.05) is 12.3 Å². The molecule has 1 heterocycles. The minimum absolute atomic E-state index is 0.0937. The van der Waals surface area contributed by atoms with Crippen LogP contribution in [0.15, 0.2) is 17.1 Å². The van der Waals surface area contributed by atoms with Gasteiger partial charge in [0.15, 0.2) is 0 Å². The summed E-state index contributed by atoms with van der Waals surface area (Å²) in [5, 5.41) is 28.0. The van der Waals surface area contributed by atoms with Gasteiger partial charge >= 0.3 is 5.69 Å². The first kappa shape index (κ1) is 15.6. The van der Waals surface area contributed by atoms with Crippen LogP contribution in [0.5, 0.6) is 0 Å². The molecule has 0 saturated heterocycles. The Kier molecular flexibility index (Phi) is 5.43. The van der Waals surface area contributed by atoms with Gasteiger partial charge in [0.05, 0.1) is 12.7 Å². The molecule has 4 atom stereocenters. The van der Waals surface area contributed by atoms with Crippen LogP contribution in [0.2, 0.25) is 0 Å². The van der Waals surface area contributed by atoms with E-state index in [0.29, 0.717) is 0 Å². The number of nitrogens with two attached hydrogens (primary N) is 1. The Balaban J connectivity index is 2.82. The maximum absolute atomic E-state index is 11.6. The summed E-state index contributed by atoms with van der Waals surface area (Å²) in [6, 6.07) is 1.43. The fourth-order valence-electron chi connectivity index (χ4n) is 1.56. The topological polar surface area (TPSA) is 131 Å². The molecule has 0 spiro atoms. The molecule has 108 valence electrons. The molecule has 0 aliphatic rings. The highest BCUT2D eigenvalue weighted by molar-refractivity contribution is 5.23. The van der Waals surface area contributed by atoms with Crippen molar-refractivity contribution in [2.45, 2.75) is 38.4 Å². The second-order valence-electron chi connectivity index (χ2n) is 4.23. The van der Waals surface area contributed by atoms with Crippen LogP contribution in [-0.2, 0) is 4.74 Å². The summed E-state index contributed by atoms with van der Waals surface area (Å²) in [6.45, 7) is 2.43. The maximum atomic E-state index is 11.6. The molecule has 8 nitrogen and oxygen atoms in total. The predicted octanol–water partition coefficient (Wildman–Crippen LogP) is -1.54. The lowest BCUT2D eigenvalue weighted by molar-refractivity contribution is -0.142. The summed E-state index contributed by atoms with van der Waals surface area (Å²) in [5.74, 6) is 0.0937. The highest BCUT2D eigenvalue weighted by Gasteiger charge is 2.26. The van der Waals surface area contributed by atoms with Gasteiger partial charge in [-0.2, -0.15) is 4.98 Å². The van der Waals surface area contributed by atoms with Crippen molar-refractivity contribution in [1.29, 1.82) is 0 Å². The van der Waals surface area contributed by atoms with E-state index in [2.05, 4.69) is 4.98 Å². The van der Waals surface area contributed by atoms with E-state index in [0.717, 1.165) is 4.57 Å². The van der Waals surface area contributed by atoms with Crippen LogP contribution in [0, 0.1) is 0 Å². The molecule has 0 aromatic carbocycles. The van der Waals surface area contributed by atoms with Gasteiger partial charge in [0.1, 0.15) is 24.3 Å². The lowest BCUT2D eigenvalue weighted by Crippen LogP contribution is -2.42. The zero-order chi connectivity index (χ0) is 14.6. The predicted molar refractivity (Wildman–Crippen MR) is 67.3 cm³/mol. The first-order valence-electron chi connectivity index (χ1n) is 5.84. The van der Waals surface area contributed by atoms with Crippen molar-refractivity contribution in [3.05, 3.63) is 22.7 Å². The highest BCUT2D eigenvalue weighted by Crippen LogP contribution is 2.13. The molecular formula is C11H19N3O5. The van der Waals surface area contributed by atoms with Crippen LogP contribution in [0.25, 0.3) is 0 Å². The van der Waals surface area contributed by atoms with Gasteiger partial charge in [0.25, 0.3) is 0 Å². The van der Waals surface area contributed by atoms with Crippen molar-refractivity contribution < 1.29 is 20.1 Å². The van der Waals surface area contributed by atoms with Gasteiger partial charge in [-0.25, -0.2) is 4.79 Å². The number of nitrogens with zero attached hydrogens (tertiary/aromatic N) is 2. The number of anilines is 1. The molecule has 0 aliphatic heterocycles. The van der Waals surface area contributed by atoms with E-state index in [1.807, 2.05) is 0 Å². The molecule has 8 heteroatoms. The molecule has 0 saturated carbocycles. The number of hydrogen-bond donors (Lipinski definition) is 4. The molecule has 0 radical (unpaired) electrons. The molecule has 19 heavy (non-hydrogen) atoms. The standard InChI is InChI=1S/C11H19N3O5/c1-6(16)10(17)8(5-15)19-7(2)14-4-3-9(12)13-11(14)18/h3-4,6-8,10,15-17H,5H2,1-2H3,(H2,12,13,18)/t6?,7-,8?,10?/m1/s1. The van der Waals surface area contributed by atoms with Crippen molar-refractivity contribution in [3.8, 4) is 0 Å². The van der Waals surface area contributed by atoms with E-state index in [-0.39, 0.29) is 5.82 Å². The Bertz CT molecular complexity index is 462. The number of aliphatic hydroxyl groups is 3. The maximum Gasteiger partial charge on any atom is 0.351 e. The highest BCUT2D eigenvalue weighted by atomic mass is 16.5. The molecule has 0 amide bonds. The molecule has 0 fully saturated rings. The zero-order valence-electron chi connectivity index (χ0n) is 10.8. The van der Waals surface area contributed by atoms with Gasteiger partial charge in [-0.05, 0) is 19.9 Å². The van der Waals surface area contributed by atoms with Crippen LogP contribution in [0.1, 0.15) is 20.1 Å². The summed E-state index contributed by atoms with van der Waals surface area (Å²) in [4.78, 5) is 15.1. The third kappa shape index (κ3) is 4.00. The van der Waals surface area contributed by atoms with E-state index in [4.69, 9.17) is 15.6 Å². The van der Waals surface area contributed by atoms with Gasteiger partial charge in [-0.3, -0.25) is 4.57 Å². The Morgan fingerprint density at radius 2 is 2.11 bits per heavy atom. The molecule has 1 rings (SSSR count). The van der Waals surface area contributed by atoms with Crippen LogP contribution >= 0.6 is 0 Å². The zero-order valence-corrected chi connectivity index (χ0v) is 10.8. The smallest absolute Gasteiger partial charge is 0.351 e.